The fourth-order valence-electron chi connectivity index (χ4n) is 3.39. The standard InChI is InChI=1S/C23H23N3O2S2/c27-19(15-29-16-20(28)26-13-7-8-14-26)24-23-25-21(17-9-3-1-4-10-17)22(30-23)18-11-5-2-6-12-18/h1-6,9-12H,7-8,13-16H2,(H,24,25,27). The van der Waals surface area contributed by atoms with Gasteiger partial charge in [-0.1, -0.05) is 72.0 Å². The Labute approximate surface area is 184 Å². The van der Waals surface area contributed by atoms with Crippen LogP contribution in [0.15, 0.2) is 60.7 Å². The molecule has 4 rings (SSSR count). The number of benzene rings is 2. The van der Waals surface area contributed by atoms with E-state index >= 15 is 0 Å². The highest BCUT2D eigenvalue weighted by molar-refractivity contribution is 8.00. The van der Waals surface area contributed by atoms with E-state index in [1.165, 1.54) is 23.1 Å². The van der Waals surface area contributed by atoms with E-state index in [1.807, 2.05) is 65.6 Å². The molecule has 2 aromatic carbocycles. The van der Waals surface area contributed by atoms with Gasteiger partial charge >= 0.3 is 0 Å². The number of carbonyl (C=O) groups is 2. The fraction of sp³-hybridized carbons (Fsp3) is 0.261. The van der Waals surface area contributed by atoms with Crippen LogP contribution in [0, 0.1) is 0 Å². The molecule has 1 N–H and O–H groups in total. The fourth-order valence-corrected chi connectivity index (χ4v) is 5.12. The predicted octanol–water partition coefficient (Wildman–Crippen LogP) is 4.77. The van der Waals surface area contributed by atoms with Crippen LogP contribution in [0.3, 0.4) is 0 Å². The van der Waals surface area contributed by atoms with Gasteiger partial charge in [0.25, 0.3) is 0 Å². The second-order valence-corrected chi connectivity index (χ2v) is 9.04. The van der Waals surface area contributed by atoms with Gasteiger partial charge in [-0.05, 0) is 18.4 Å². The summed E-state index contributed by atoms with van der Waals surface area (Å²) in [4.78, 5) is 32.1. The van der Waals surface area contributed by atoms with Gasteiger partial charge in [-0.15, -0.1) is 11.8 Å². The third kappa shape index (κ3) is 5.09. The molecule has 3 aromatic rings. The molecule has 0 bridgehead atoms. The molecule has 1 aliphatic rings. The maximum atomic E-state index is 12.4. The summed E-state index contributed by atoms with van der Waals surface area (Å²) in [6.07, 6.45) is 2.16. The number of nitrogens with one attached hydrogen (secondary N) is 1. The van der Waals surface area contributed by atoms with Crippen LogP contribution in [-0.4, -0.2) is 46.3 Å². The van der Waals surface area contributed by atoms with E-state index in [4.69, 9.17) is 4.98 Å². The van der Waals surface area contributed by atoms with Crippen LogP contribution in [0.4, 0.5) is 5.13 Å². The van der Waals surface area contributed by atoms with E-state index in [2.05, 4.69) is 5.32 Å². The average Bonchev–Trinajstić information content (AvgIpc) is 3.45. The van der Waals surface area contributed by atoms with Crippen molar-refractivity contribution in [2.75, 3.05) is 29.9 Å². The van der Waals surface area contributed by atoms with Crippen LogP contribution in [0.1, 0.15) is 12.8 Å². The van der Waals surface area contributed by atoms with Gasteiger partial charge in [-0.3, -0.25) is 9.59 Å². The number of aromatic nitrogens is 1. The van der Waals surface area contributed by atoms with Crippen LogP contribution in [0.2, 0.25) is 0 Å². The smallest absolute Gasteiger partial charge is 0.236 e. The molecule has 0 unspecified atom stereocenters. The Morgan fingerprint density at radius 1 is 0.933 bits per heavy atom. The zero-order valence-electron chi connectivity index (χ0n) is 16.5. The molecule has 2 heterocycles. The lowest BCUT2D eigenvalue weighted by Crippen LogP contribution is -2.29. The van der Waals surface area contributed by atoms with Gasteiger partial charge in [0.1, 0.15) is 0 Å². The minimum Gasteiger partial charge on any atom is -0.342 e. The monoisotopic (exact) mass is 437 g/mol. The number of likely N-dealkylation sites (tertiary alicyclic amines) is 1. The summed E-state index contributed by atoms with van der Waals surface area (Å²) in [7, 11) is 0. The van der Waals surface area contributed by atoms with Crippen LogP contribution in [0.25, 0.3) is 21.7 Å². The second kappa shape index (κ2) is 9.91. The van der Waals surface area contributed by atoms with Crippen LogP contribution < -0.4 is 5.32 Å². The highest BCUT2D eigenvalue weighted by atomic mass is 32.2. The summed E-state index contributed by atoms with van der Waals surface area (Å²) in [6.45, 7) is 1.68. The molecule has 0 radical (unpaired) electrons. The molecule has 30 heavy (non-hydrogen) atoms. The Morgan fingerprint density at radius 2 is 1.57 bits per heavy atom. The number of anilines is 1. The largest absolute Gasteiger partial charge is 0.342 e. The van der Waals surface area contributed by atoms with E-state index in [9.17, 15) is 9.59 Å². The molecule has 154 valence electrons. The lowest BCUT2D eigenvalue weighted by Gasteiger charge is -2.14. The maximum Gasteiger partial charge on any atom is 0.236 e. The molecule has 5 nitrogen and oxygen atoms in total. The number of hydrogen-bond donors (Lipinski definition) is 1. The lowest BCUT2D eigenvalue weighted by molar-refractivity contribution is -0.127. The lowest BCUT2D eigenvalue weighted by atomic mass is 10.1. The molecule has 0 atom stereocenters. The van der Waals surface area contributed by atoms with Gasteiger partial charge in [0.05, 0.1) is 22.1 Å². The SMILES string of the molecule is O=C(CSCC(=O)N1CCCC1)Nc1nc(-c2ccccc2)c(-c2ccccc2)s1. The number of amides is 2. The first-order valence-electron chi connectivity index (χ1n) is 9.98. The average molecular weight is 438 g/mol. The third-order valence-corrected chi connectivity index (χ3v) is 6.81. The zero-order chi connectivity index (χ0) is 20.8. The highest BCUT2D eigenvalue weighted by Crippen LogP contribution is 2.38. The zero-order valence-corrected chi connectivity index (χ0v) is 18.2. The molecule has 2 amide bonds. The third-order valence-electron chi connectivity index (χ3n) is 4.87. The van der Waals surface area contributed by atoms with Gasteiger partial charge in [0, 0.05) is 18.7 Å². The van der Waals surface area contributed by atoms with Crippen molar-refractivity contribution in [1.82, 2.24) is 9.88 Å². The van der Waals surface area contributed by atoms with Crippen LogP contribution in [0.5, 0.6) is 0 Å². The molecule has 1 aliphatic heterocycles. The van der Waals surface area contributed by atoms with E-state index in [-0.39, 0.29) is 17.6 Å². The van der Waals surface area contributed by atoms with Crippen molar-refractivity contribution in [1.29, 1.82) is 0 Å². The maximum absolute atomic E-state index is 12.4. The molecule has 0 aliphatic carbocycles. The first-order valence-corrected chi connectivity index (χ1v) is 11.9. The van der Waals surface area contributed by atoms with Crippen LogP contribution >= 0.6 is 23.1 Å². The minimum absolute atomic E-state index is 0.122. The van der Waals surface area contributed by atoms with Crippen molar-refractivity contribution < 1.29 is 9.59 Å². The van der Waals surface area contributed by atoms with Gasteiger partial charge in [-0.2, -0.15) is 0 Å². The van der Waals surface area contributed by atoms with E-state index < -0.39 is 0 Å². The Hall–Kier alpha value is -2.64. The first-order chi connectivity index (χ1) is 14.7. The number of thiazole rings is 1. The van der Waals surface area contributed by atoms with E-state index in [1.54, 1.807) is 0 Å². The number of hydrogen-bond acceptors (Lipinski definition) is 5. The molecular weight excluding hydrogens is 414 g/mol. The number of thioether (sulfide) groups is 1. The quantitative estimate of drug-likeness (QED) is 0.578. The Bertz CT molecular complexity index is 943. The van der Waals surface area contributed by atoms with Crippen molar-refractivity contribution >= 4 is 40.0 Å². The molecule has 1 fully saturated rings. The summed E-state index contributed by atoms with van der Waals surface area (Å²) in [6, 6.07) is 20.0. The number of carbonyl (C=O) groups excluding carboxylic acids is 2. The van der Waals surface area contributed by atoms with Gasteiger partial charge in [0.2, 0.25) is 11.8 Å². The van der Waals surface area contributed by atoms with Gasteiger partial charge in [0.15, 0.2) is 5.13 Å². The Kier molecular flexibility index (Phi) is 6.81. The Morgan fingerprint density at radius 3 is 2.23 bits per heavy atom. The van der Waals surface area contributed by atoms with Crippen molar-refractivity contribution in [3.05, 3.63) is 60.7 Å². The molecular formula is C23H23N3O2S2. The molecule has 7 heteroatoms. The van der Waals surface area contributed by atoms with Crippen molar-refractivity contribution in [2.24, 2.45) is 0 Å². The second-order valence-electron chi connectivity index (χ2n) is 7.06. The topological polar surface area (TPSA) is 62.3 Å². The Balaban J connectivity index is 1.43. The normalized spacial score (nSPS) is 13.4. The first kappa shape index (κ1) is 20.6. The van der Waals surface area contributed by atoms with E-state index in [0.29, 0.717) is 10.9 Å². The summed E-state index contributed by atoms with van der Waals surface area (Å²) in [5.74, 6) is 0.565. The number of nitrogens with zero attached hydrogens (tertiary/aromatic N) is 2. The number of rotatable bonds is 7. The minimum atomic E-state index is -0.137. The predicted molar refractivity (Wildman–Crippen MR) is 125 cm³/mol. The molecule has 0 saturated carbocycles. The molecule has 1 saturated heterocycles. The molecule has 1 aromatic heterocycles. The summed E-state index contributed by atoms with van der Waals surface area (Å²) < 4.78 is 0. The van der Waals surface area contributed by atoms with Crippen LogP contribution in [-0.2, 0) is 9.59 Å². The van der Waals surface area contributed by atoms with Crippen molar-refractivity contribution in [3.8, 4) is 21.7 Å². The van der Waals surface area contributed by atoms with Crippen molar-refractivity contribution in [3.63, 3.8) is 0 Å². The van der Waals surface area contributed by atoms with Gasteiger partial charge in [-0.25, -0.2) is 4.98 Å². The summed E-state index contributed by atoms with van der Waals surface area (Å²) in [5, 5.41) is 3.48. The summed E-state index contributed by atoms with van der Waals surface area (Å²) in [5.41, 5.74) is 2.94. The van der Waals surface area contributed by atoms with Crippen molar-refractivity contribution in [2.45, 2.75) is 12.8 Å². The highest BCUT2D eigenvalue weighted by Gasteiger charge is 2.19. The van der Waals surface area contributed by atoms with E-state index in [0.717, 1.165) is 47.6 Å². The summed E-state index contributed by atoms with van der Waals surface area (Å²) >= 11 is 2.82. The molecule has 0 spiro atoms. The van der Waals surface area contributed by atoms with Gasteiger partial charge < -0.3 is 10.2 Å².